The molecule has 0 radical (unpaired) electrons. The summed E-state index contributed by atoms with van der Waals surface area (Å²) in [5.74, 6) is 0.209. The predicted molar refractivity (Wildman–Crippen MR) is 89.7 cm³/mol. The average molecular weight is 350 g/mol. The van der Waals surface area contributed by atoms with Gasteiger partial charge in [-0.3, -0.25) is 4.79 Å². The van der Waals surface area contributed by atoms with Crippen molar-refractivity contribution in [2.75, 3.05) is 19.6 Å². The van der Waals surface area contributed by atoms with Crippen molar-refractivity contribution in [3.05, 3.63) is 16.5 Å². The SMILES string of the molecule is CCCN(C(=O)CCc1c(C)noc1Cl)C1CCNCC1.Cl. The van der Waals surface area contributed by atoms with Crippen LogP contribution in [-0.4, -0.2) is 41.6 Å². The quantitative estimate of drug-likeness (QED) is 0.857. The van der Waals surface area contributed by atoms with Crippen LogP contribution in [0.2, 0.25) is 5.22 Å². The summed E-state index contributed by atoms with van der Waals surface area (Å²) in [6.07, 6.45) is 4.13. The lowest BCUT2D eigenvalue weighted by Crippen LogP contribution is -2.46. The van der Waals surface area contributed by atoms with E-state index in [9.17, 15) is 4.79 Å². The van der Waals surface area contributed by atoms with Gasteiger partial charge in [-0.05, 0) is 57.3 Å². The molecule has 1 N–H and O–H groups in total. The molecule has 1 amide bonds. The Hall–Kier alpha value is -0.780. The van der Waals surface area contributed by atoms with Crippen molar-refractivity contribution in [1.82, 2.24) is 15.4 Å². The summed E-state index contributed by atoms with van der Waals surface area (Å²) in [6.45, 7) is 6.79. The molecular weight excluding hydrogens is 325 g/mol. The number of nitrogens with zero attached hydrogens (tertiary/aromatic N) is 2. The van der Waals surface area contributed by atoms with Crippen LogP contribution in [0.3, 0.4) is 0 Å². The summed E-state index contributed by atoms with van der Waals surface area (Å²) in [7, 11) is 0. The zero-order valence-electron chi connectivity index (χ0n) is 13.2. The van der Waals surface area contributed by atoms with Crippen molar-refractivity contribution in [3.63, 3.8) is 0 Å². The highest BCUT2D eigenvalue weighted by Crippen LogP contribution is 2.22. The fourth-order valence-corrected chi connectivity index (χ4v) is 3.15. The van der Waals surface area contributed by atoms with Gasteiger partial charge < -0.3 is 14.7 Å². The molecule has 2 heterocycles. The number of piperidine rings is 1. The monoisotopic (exact) mass is 349 g/mol. The number of carbonyl (C=O) groups excluding carboxylic acids is 1. The first-order chi connectivity index (χ1) is 10.1. The second-order valence-electron chi connectivity index (χ2n) is 5.59. The average Bonchev–Trinajstić information content (AvgIpc) is 2.82. The van der Waals surface area contributed by atoms with E-state index in [0.29, 0.717) is 24.1 Å². The van der Waals surface area contributed by atoms with Gasteiger partial charge in [0.15, 0.2) is 0 Å². The molecule has 0 atom stereocenters. The highest BCUT2D eigenvalue weighted by Gasteiger charge is 2.25. The number of rotatable bonds is 6. The molecule has 0 aliphatic carbocycles. The van der Waals surface area contributed by atoms with Crippen LogP contribution in [0.1, 0.15) is 43.9 Å². The Morgan fingerprint density at radius 3 is 2.68 bits per heavy atom. The second kappa shape index (κ2) is 9.38. The molecule has 0 bridgehead atoms. The molecule has 1 aromatic rings. The van der Waals surface area contributed by atoms with E-state index in [2.05, 4.69) is 22.3 Å². The van der Waals surface area contributed by atoms with Crippen molar-refractivity contribution in [2.24, 2.45) is 0 Å². The molecular formula is C15H25Cl2N3O2. The van der Waals surface area contributed by atoms with Gasteiger partial charge in [-0.2, -0.15) is 0 Å². The van der Waals surface area contributed by atoms with Crippen LogP contribution in [0.15, 0.2) is 4.52 Å². The zero-order chi connectivity index (χ0) is 15.2. The summed E-state index contributed by atoms with van der Waals surface area (Å²) in [5.41, 5.74) is 1.63. The minimum absolute atomic E-state index is 0. The molecule has 1 saturated heterocycles. The van der Waals surface area contributed by atoms with Crippen LogP contribution in [-0.2, 0) is 11.2 Å². The molecule has 1 fully saturated rings. The highest BCUT2D eigenvalue weighted by atomic mass is 35.5. The molecule has 0 aromatic carbocycles. The van der Waals surface area contributed by atoms with Crippen molar-refractivity contribution in [2.45, 2.75) is 52.0 Å². The van der Waals surface area contributed by atoms with E-state index in [1.54, 1.807) is 0 Å². The lowest BCUT2D eigenvalue weighted by molar-refractivity contribution is -0.134. The van der Waals surface area contributed by atoms with Crippen molar-refractivity contribution in [3.8, 4) is 0 Å². The minimum Gasteiger partial charge on any atom is -0.344 e. The normalized spacial score (nSPS) is 15.4. The molecule has 7 heteroatoms. The van der Waals surface area contributed by atoms with Crippen LogP contribution in [0.4, 0.5) is 0 Å². The maximum Gasteiger partial charge on any atom is 0.229 e. The molecule has 0 saturated carbocycles. The van der Waals surface area contributed by atoms with Gasteiger partial charge in [0.1, 0.15) is 0 Å². The smallest absolute Gasteiger partial charge is 0.229 e. The van der Waals surface area contributed by atoms with E-state index >= 15 is 0 Å². The van der Waals surface area contributed by atoms with Crippen LogP contribution in [0.5, 0.6) is 0 Å². The molecule has 2 rings (SSSR count). The van der Waals surface area contributed by atoms with Crippen LogP contribution in [0, 0.1) is 6.92 Å². The number of aryl methyl sites for hydroxylation is 1. The lowest BCUT2D eigenvalue weighted by atomic mass is 10.0. The molecule has 126 valence electrons. The van der Waals surface area contributed by atoms with Crippen LogP contribution in [0.25, 0.3) is 0 Å². The first kappa shape index (κ1) is 19.3. The number of aromatic nitrogens is 1. The molecule has 1 aliphatic rings. The number of nitrogens with one attached hydrogen (secondary N) is 1. The highest BCUT2D eigenvalue weighted by molar-refractivity contribution is 6.29. The summed E-state index contributed by atoms with van der Waals surface area (Å²) < 4.78 is 4.93. The first-order valence-corrected chi connectivity index (χ1v) is 8.12. The fourth-order valence-electron chi connectivity index (χ4n) is 2.89. The Balaban J connectivity index is 0.00000242. The topological polar surface area (TPSA) is 58.4 Å². The third kappa shape index (κ3) is 4.86. The van der Waals surface area contributed by atoms with E-state index in [-0.39, 0.29) is 18.3 Å². The predicted octanol–water partition coefficient (Wildman–Crippen LogP) is 2.98. The van der Waals surface area contributed by atoms with E-state index in [4.69, 9.17) is 16.1 Å². The summed E-state index contributed by atoms with van der Waals surface area (Å²) in [6, 6.07) is 0.373. The Morgan fingerprint density at radius 2 is 2.14 bits per heavy atom. The molecule has 0 unspecified atom stereocenters. The van der Waals surface area contributed by atoms with E-state index in [1.807, 2.05) is 6.92 Å². The Kier molecular flexibility index (Phi) is 8.21. The maximum absolute atomic E-state index is 12.6. The Bertz CT molecular complexity index is 454. The summed E-state index contributed by atoms with van der Waals surface area (Å²) >= 11 is 5.96. The molecule has 5 nitrogen and oxygen atoms in total. The number of hydrogen-bond acceptors (Lipinski definition) is 4. The fraction of sp³-hybridized carbons (Fsp3) is 0.733. The van der Waals surface area contributed by atoms with Crippen molar-refractivity contribution in [1.29, 1.82) is 0 Å². The third-order valence-corrected chi connectivity index (χ3v) is 4.36. The standard InChI is InChI=1S/C15H24ClN3O2.ClH/c1-3-10-19(12-6-8-17-9-7-12)14(20)5-4-13-11(2)18-21-15(13)16;/h12,17H,3-10H2,1-2H3;1H. The first-order valence-electron chi connectivity index (χ1n) is 7.74. The van der Waals surface area contributed by atoms with Crippen molar-refractivity contribution < 1.29 is 9.32 Å². The van der Waals surface area contributed by atoms with Crippen molar-refractivity contribution >= 4 is 29.9 Å². The molecule has 22 heavy (non-hydrogen) atoms. The Morgan fingerprint density at radius 1 is 1.45 bits per heavy atom. The van der Waals surface area contributed by atoms with E-state index < -0.39 is 0 Å². The number of halogens is 2. The van der Waals surface area contributed by atoms with Gasteiger partial charge in [-0.15, -0.1) is 12.4 Å². The van der Waals surface area contributed by atoms with Gasteiger partial charge in [-0.1, -0.05) is 12.1 Å². The molecule has 1 aromatic heterocycles. The lowest BCUT2D eigenvalue weighted by Gasteiger charge is -2.34. The van der Waals surface area contributed by atoms with Gasteiger partial charge in [0.2, 0.25) is 11.1 Å². The Labute approximate surface area is 143 Å². The second-order valence-corrected chi connectivity index (χ2v) is 5.93. The largest absolute Gasteiger partial charge is 0.344 e. The zero-order valence-corrected chi connectivity index (χ0v) is 14.8. The van der Waals surface area contributed by atoms with E-state index in [1.165, 1.54) is 0 Å². The van der Waals surface area contributed by atoms with Crippen LogP contribution < -0.4 is 5.32 Å². The number of hydrogen-bond donors (Lipinski definition) is 1. The minimum atomic E-state index is 0. The van der Waals surface area contributed by atoms with Gasteiger partial charge >= 0.3 is 0 Å². The third-order valence-electron chi connectivity index (χ3n) is 4.06. The maximum atomic E-state index is 12.6. The molecule has 0 spiro atoms. The van der Waals surface area contributed by atoms with Crippen LogP contribution >= 0.6 is 24.0 Å². The van der Waals surface area contributed by atoms with Gasteiger partial charge in [-0.25, -0.2) is 0 Å². The van der Waals surface area contributed by atoms with E-state index in [0.717, 1.165) is 50.2 Å². The molecule has 1 aliphatic heterocycles. The van der Waals surface area contributed by atoms with Gasteiger partial charge in [0, 0.05) is 24.6 Å². The number of amides is 1. The number of carbonyl (C=O) groups is 1. The van der Waals surface area contributed by atoms with Gasteiger partial charge in [0.05, 0.1) is 5.69 Å². The van der Waals surface area contributed by atoms with Gasteiger partial charge in [0.25, 0.3) is 0 Å². The summed E-state index contributed by atoms with van der Waals surface area (Å²) in [5, 5.41) is 7.48. The summed E-state index contributed by atoms with van der Waals surface area (Å²) in [4.78, 5) is 14.6.